The minimum atomic E-state index is -4.02. The average molecular weight is 308 g/mol. The van der Waals surface area contributed by atoms with Gasteiger partial charge in [0.25, 0.3) is 10.1 Å². The number of hydrogen-bond donors (Lipinski definition) is 1. The van der Waals surface area contributed by atoms with Crippen molar-refractivity contribution in [1.29, 1.82) is 0 Å². The second-order valence-corrected chi connectivity index (χ2v) is 4.60. The molecule has 1 N–H and O–H groups in total. The third kappa shape index (κ3) is 3.71. The van der Waals surface area contributed by atoms with Gasteiger partial charge in [0.1, 0.15) is 0 Å². The van der Waals surface area contributed by atoms with Crippen LogP contribution in [0, 0.1) is 3.57 Å². The molecule has 0 aromatic heterocycles. The summed E-state index contributed by atoms with van der Waals surface area (Å²) in [6, 6.07) is 5.95. The third-order valence-electron chi connectivity index (χ3n) is 1.11. The molecule has 0 radical (unpaired) electrons. The summed E-state index contributed by atoms with van der Waals surface area (Å²) in [4.78, 5) is -0.0714. The number of halogens is 1. The Balaban J connectivity index is 0. The Morgan fingerprint density at radius 1 is 1.25 bits per heavy atom. The second-order valence-electron chi connectivity index (χ2n) is 1.93. The van der Waals surface area contributed by atoms with Gasteiger partial charge < -0.3 is 1.43 Å². The molecule has 0 aliphatic carbocycles. The van der Waals surface area contributed by atoms with E-state index in [1.807, 2.05) is 22.6 Å². The average Bonchev–Trinajstić information content (AvgIpc) is 1.86. The molecular weight excluding hydrogens is 302 g/mol. The predicted octanol–water partition coefficient (Wildman–Crippen LogP) is -1.35. The molecule has 0 heterocycles. The van der Waals surface area contributed by atoms with Gasteiger partial charge in [0.15, 0.2) is 0 Å². The Bertz CT molecular complexity index is 351. The van der Waals surface area contributed by atoms with E-state index >= 15 is 0 Å². The summed E-state index contributed by atoms with van der Waals surface area (Å²) >= 11 is 2.05. The zero-order chi connectivity index (χ0) is 8.48. The molecule has 0 spiro atoms. The van der Waals surface area contributed by atoms with Crippen molar-refractivity contribution >= 4 is 32.7 Å². The number of hydrogen-bond acceptors (Lipinski definition) is 2. The van der Waals surface area contributed by atoms with Gasteiger partial charge in [0.05, 0.1) is 4.90 Å². The maximum atomic E-state index is 10.5. The van der Waals surface area contributed by atoms with Crippen molar-refractivity contribution in [3.8, 4) is 0 Å². The van der Waals surface area contributed by atoms with Crippen LogP contribution in [0.4, 0.5) is 0 Å². The Kier molecular flexibility index (Phi) is 5.27. The van der Waals surface area contributed by atoms with Crippen LogP contribution < -0.4 is 29.6 Å². The van der Waals surface area contributed by atoms with E-state index in [1.165, 1.54) is 12.1 Å². The summed E-state index contributed by atoms with van der Waals surface area (Å²) < 4.78 is 30.5. The summed E-state index contributed by atoms with van der Waals surface area (Å²) in [6.07, 6.45) is 0. The Morgan fingerprint density at radius 2 is 1.67 bits per heavy atom. The fourth-order valence-electron chi connectivity index (χ4n) is 0.607. The monoisotopic (exact) mass is 308 g/mol. The van der Waals surface area contributed by atoms with E-state index in [0.717, 1.165) is 3.57 Å². The molecule has 3 nitrogen and oxygen atoms in total. The molecule has 6 heteroatoms. The number of rotatable bonds is 1. The first-order chi connectivity index (χ1) is 5.00. The predicted molar refractivity (Wildman–Crippen MR) is 50.1 cm³/mol. The van der Waals surface area contributed by atoms with E-state index in [0.29, 0.717) is 0 Å². The van der Waals surface area contributed by atoms with Crippen LogP contribution in [0.1, 0.15) is 1.43 Å². The van der Waals surface area contributed by atoms with Crippen LogP contribution in [0.15, 0.2) is 29.2 Å². The van der Waals surface area contributed by atoms with Crippen LogP contribution in [0.5, 0.6) is 0 Å². The van der Waals surface area contributed by atoms with Gasteiger partial charge in [-0.2, -0.15) is 8.42 Å². The van der Waals surface area contributed by atoms with E-state index in [4.69, 9.17) is 4.55 Å². The fraction of sp³-hybridized carbons (Fsp3) is 0. The third-order valence-corrected chi connectivity index (χ3v) is 2.70. The summed E-state index contributed by atoms with van der Waals surface area (Å²) in [6.45, 7) is 0. The molecule has 0 saturated carbocycles. The van der Waals surface area contributed by atoms with Crippen molar-refractivity contribution in [1.82, 2.24) is 0 Å². The molecule has 0 bridgehead atoms. The first-order valence-electron chi connectivity index (χ1n) is 2.73. The van der Waals surface area contributed by atoms with Crippen molar-refractivity contribution in [2.24, 2.45) is 0 Å². The summed E-state index contributed by atoms with van der Waals surface area (Å²) in [5, 5.41) is 0. The van der Waals surface area contributed by atoms with Crippen molar-refractivity contribution in [3.05, 3.63) is 27.8 Å². The van der Waals surface area contributed by atoms with Gasteiger partial charge in [0, 0.05) is 3.57 Å². The Morgan fingerprint density at radius 3 is 2.00 bits per heavy atom. The van der Waals surface area contributed by atoms with E-state index in [-0.39, 0.29) is 35.9 Å². The molecule has 0 saturated heterocycles. The van der Waals surface area contributed by atoms with Gasteiger partial charge in [0.2, 0.25) is 0 Å². The van der Waals surface area contributed by atoms with E-state index in [2.05, 4.69) is 0 Å². The van der Waals surface area contributed by atoms with E-state index < -0.39 is 10.1 Å². The first kappa shape index (κ1) is 12.9. The maximum Gasteiger partial charge on any atom is 1.00 e. The zero-order valence-corrected chi connectivity index (χ0v) is 11.3. The Labute approximate surface area is 108 Å². The minimum absolute atomic E-state index is 0. The van der Waals surface area contributed by atoms with Gasteiger partial charge >= 0.3 is 29.6 Å². The fourth-order valence-corrected chi connectivity index (χ4v) is 1.45. The molecular formula is C6H6INaO3S. The molecule has 1 rings (SSSR count). The quantitative estimate of drug-likeness (QED) is 0.397. The normalized spacial score (nSPS) is 10.5. The number of benzene rings is 1. The summed E-state index contributed by atoms with van der Waals surface area (Å²) in [7, 11) is -4.02. The van der Waals surface area contributed by atoms with Crippen LogP contribution in [0.2, 0.25) is 0 Å². The van der Waals surface area contributed by atoms with Gasteiger partial charge in [-0.15, -0.1) is 0 Å². The molecule has 12 heavy (non-hydrogen) atoms. The zero-order valence-electron chi connectivity index (χ0n) is 7.36. The largest absolute Gasteiger partial charge is 1.00 e. The summed E-state index contributed by atoms with van der Waals surface area (Å²) in [5.41, 5.74) is 0. The van der Waals surface area contributed by atoms with Crippen LogP contribution >= 0.6 is 22.6 Å². The molecule has 62 valence electrons. The van der Waals surface area contributed by atoms with Gasteiger partial charge in [-0.05, 0) is 46.9 Å². The maximum absolute atomic E-state index is 10.5. The molecule has 1 aromatic rings. The van der Waals surface area contributed by atoms with Crippen LogP contribution in [0.3, 0.4) is 0 Å². The summed E-state index contributed by atoms with van der Waals surface area (Å²) in [5.74, 6) is 0. The van der Waals surface area contributed by atoms with Crippen molar-refractivity contribution in [3.63, 3.8) is 0 Å². The molecule has 0 unspecified atom stereocenters. The topological polar surface area (TPSA) is 54.4 Å². The van der Waals surface area contributed by atoms with E-state index in [1.54, 1.807) is 12.1 Å². The molecule has 0 atom stereocenters. The van der Waals surface area contributed by atoms with Gasteiger partial charge in [-0.1, -0.05) is 0 Å². The molecule has 1 aromatic carbocycles. The molecule has 0 aliphatic rings. The van der Waals surface area contributed by atoms with Gasteiger partial charge in [-0.3, -0.25) is 4.55 Å². The molecule has 0 fully saturated rings. The van der Waals surface area contributed by atoms with Crippen molar-refractivity contribution in [2.45, 2.75) is 4.90 Å². The molecule has 0 aliphatic heterocycles. The first-order valence-corrected chi connectivity index (χ1v) is 5.25. The van der Waals surface area contributed by atoms with Crippen LogP contribution in [0.25, 0.3) is 0 Å². The SMILES string of the molecule is O=S(=O)(O)c1ccc(I)cc1.[H-].[Na+]. The van der Waals surface area contributed by atoms with Crippen molar-refractivity contribution < 1.29 is 44.0 Å². The molecule has 0 amide bonds. The van der Waals surface area contributed by atoms with Gasteiger partial charge in [-0.25, -0.2) is 0 Å². The minimum Gasteiger partial charge on any atom is -1.00 e. The second kappa shape index (κ2) is 4.92. The van der Waals surface area contributed by atoms with Crippen LogP contribution in [-0.2, 0) is 10.1 Å². The Hall–Kier alpha value is 0.860. The van der Waals surface area contributed by atoms with Crippen molar-refractivity contribution in [2.75, 3.05) is 0 Å². The van der Waals surface area contributed by atoms with E-state index in [9.17, 15) is 8.42 Å². The standard InChI is InChI=1S/C6H5IO3S.Na.H/c7-5-1-3-6(4-2-5)11(8,9)10;;/h1-4H,(H,8,9,10);;/q;+1;-1. The van der Waals surface area contributed by atoms with Crippen LogP contribution in [-0.4, -0.2) is 13.0 Å². The smallest absolute Gasteiger partial charge is 1.00 e.